The van der Waals surface area contributed by atoms with E-state index >= 15 is 0 Å². The lowest BCUT2D eigenvalue weighted by molar-refractivity contribution is -0.136. The van der Waals surface area contributed by atoms with Gasteiger partial charge in [0.1, 0.15) is 12.4 Å². The van der Waals surface area contributed by atoms with Gasteiger partial charge in [-0.15, -0.1) is 0 Å². The summed E-state index contributed by atoms with van der Waals surface area (Å²) >= 11 is 0. The minimum absolute atomic E-state index is 0.101. The molecule has 1 aliphatic heterocycles. The molecule has 36 heavy (non-hydrogen) atoms. The van der Waals surface area contributed by atoms with Gasteiger partial charge in [0.2, 0.25) is 5.82 Å². The number of nitrogens with zero attached hydrogens (tertiary/aromatic N) is 3. The summed E-state index contributed by atoms with van der Waals surface area (Å²) in [6, 6.07) is 11.5. The fourth-order valence-electron chi connectivity index (χ4n) is 6.03. The normalized spacial score (nSPS) is 27.3. The molecule has 190 valence electrons. The van der Waals surface area contributed by atoms with Crippen LogP contribution in [0.5, 0.6) is 0 Å². The van der Waals surface area contributed by atoms with Crippen molar-refractivity contribution < 1.29 is 30.5 Å². The molecule has 3 aromatic rings. The van der Waals surface area contributed by atoms with E-state index in [1.807, 2.05) is 18.2 Å². The topological polar surface area (TPSA) is 88.3 Å². The number of fused-ring (bicyclic) bond motifs is 1. The SMILES string of the molecule is O=S1(=O)N[C@]2(CN1CC(F)(F)F)[C@@H]1CC[C@H]2Cc2cc(-c3nc(-c4ccc(F)cc4)no3)ccc2C1. The van der Waals surface area contributed by atoms with Gasteiger partial charge in [-0.05, 0) is 85.0 Å². The highest BCUT2D eigenvalue weighted by Crippen LogP contribution is 2.50. The van der Waals surface area contributed by atoms with Crippen LogP contribution < -0.4 is 4.72 Å². The molecule has 2 bridgehead atoms. The number of nitrogens with one attached hydrogen (secondary N) is 1. The third kappa shape index (κ3) is 4.00. The third-order valence-electron chi connectivity index (χ3n) is 7.69. The minimum Gasteiger partial charge on any atom is -0.334 e. The summed E-state index contributed by atoms with van der Waals surface area (Å²) in [6.07, 6.45) is -2.04. The van der Waals surface area contributed by atoms with Crippen molar-refractivity contribution in [1.29, 1.82) is 0 Å². The maximum atomic E-state index is 13.2. The van der Waals surface area contributed by atoms with E-state index in [9.17, 15) is 26.0 Å². The van der Waals surface area contributed by atoms with Crippen molar-refractivity contribution in [2.75, 3.05) is 13.1 Å². The third-order valence-corrected chi connectivity index (χ3v) is 9.26. The Hall–Kier alpha value is -2.83. The highest BCUT2D eigenvalue weighted by molar-refractivity contribution is 7.87. The second kappa shape index (κ2) is 8.09. The van der Waals surface area contributed by atoms with Gasteiger partial charge < -0.3 is 4.52 Å². The maximum Gasteiger partial charge on any atom is 0.402 e. The molecule has 0 radical (unpaired) electrons. The van der Waals surface area contributed by atoms with Gasteiger partial charge in [0.15, 0.2) is 0 Å². The van der Waals surface area contributed by atoms with Gasteiger partial charge in [0.05, 0.1) is 5.54 Å². The van der Waals surface area contributed by atoms with E-state index in [1.54, 1.807) is 12.1 Å². The predicted molar refractivity (Wildman–Crippen MR) is 121 cm³/mol. The predicted octanol–water partition coefficient (Wildman–Crippen LogP) is 4.12. The Morgan fingerprint density at radius 3 is 2.39 bits per heavy atom. The number of halogens is 4. The Morgan fingerprint density at radius 1 is 1.03 bits per heavy atom. The molecule has 7 nitrogen and oxygen atoms in total. The highest BCUT2D eigenvalue weighted by Gasteiger charge is 2.60. The molecule has 2 aliphatic carbocycles. The number of benzene rings is 2. The fraction of sp³-hybridized carbons (Fsp3) is 0.417. The van der Waals surface area contributed by atoms with Gasteiger partial charge in [-0.1, -0.05) is 11.2 Å². The first-order chi connectivity index (χ1) is 17.0. The lowest BCUT2D eigenvalue weighted by atomic mass is 9.79. The zero-order valence-electron chi connectivity index (χ0n) is 18.9. The number of hydrogen-bond donors (Lipinski definition) is 1. The average Bonchev–Trinajstić information content (AvgIpc) is 3.43. The summed E-state index contributed by atoms with van der Waals surface area (Å²) in [6.45, 7) is -1.68. The summed E-state index contributed by atoms with van der Waals surface area (Å²) in [4.78, 5) is 4.43. The molecule has 2 aromatic carbocycles. The van der Waals surface area contributed by atoms with Crippen LogP contribution in [0.4, 0.5) is 17.6 Å². The quantitative estimate of drug-likeness (QED) is 0.523. The summed E-state index contributed by atoms with van der Waals surface area (Å²) in [5.41, 5.74) is 2.40. The molecule has 1 saturated carbocycles. The summed E-state index contributed by atoms with van der Waals surface area (Å²) in [5, 5.41) is 3.99. The van der Waals surface area contributed by atoms with Crippen LogP contribution in [-0.4, -0.2) is 47.7 Å². The van der Waals surface area contributed by atoms with Crippen molar-refractivity contribution in [3.8, 4) is 22.8 Å². The molecule has 6 rings (SSSR count). The lowest BCUT2D eigenvalue weighted by Gasteiger charge is -2.33. The van der Waals surface area contributed by atoms with Crippen molar-refractivity contribution in [3.63, 3.8) is 0 Å². The van der Waals surface area contributed by atoms with E-state index in [-0.39, 0.29) is 24.2 Å². The molecule has 0 amide bonds. The van der Waals surface area contributed by atoms with Gasteiger partial charge >= 0.3 is 6.18 Å². The first-order valence-electron chi connectivity index (χ1n) is 11.6. The Kier molecular flexibility index (Phi) is 5.29. The second-order valence-corrected chi connectivity index (χ2v) is 11.5. The first kappa shape index (κ1) is 23.6. The first-order valence-corrected chi connectivity index (χ1v) is 13.0. The molecule has 2 heterocycles. The van der Waals surface area contributed by atoms with Gasteiger partial charge in [0, 0.05) is 17.7 Å². The molecule has 3 atom stereocenters. The van der Waals surface area contributed by atoms with E-state index in [4.69, 9.17) is 4.52 Å². The van der Waals surface area contributed by atoms with E-state index in [0.29, 0.717) is 40.0 Å². The standard InChI is InChI=1S/C24H22F4N4O3S/c25-20-7-3-14(4-8-20)21-29-22(35-30-21)16-2-1-15-10-18-5-6-19(11-17(15)9-16)23(18)12-32(13-24(26,27)28)36(33,34)31-23/h1-4,7-9,18-19,31H,5-6,10-13H2/t18-,19+,23-/m1/s1. The molecular formula is C24H22F4N4O3S. The molecular weight excluding hydrogens is 500 g/mol. The minimum atomic E-state index is -4.61. The second-order valence-electron chi connectivity index (χ2n) is 9.82. The highest BCUT2D eigenvalue weighted by atomic mass is 32.2. The molecule has 0 unspecified atom stereocenters. The number of alkyl halides is 3. The Labute approximate surface area is 204 Å². The van der Waals surface area contributed by atoms with Crippen LogP contribution in [0, 0.1) is 17.7 Å². The van der Waals surface area contributed by atoms with Crippen molar-refractivity contribution in [2.45, 2.75) is 37.4 Å². The Morgan fingerprint density at radius 2 is 1.69 bits per heavy atom. The Bertz CT molecular complexity index is 1420. The monoisotopic (exact) mass is 522 g/mol. The van der Waals surface area contributed by atoms with Crippen LogP contribution in [0.3, 0.4) is 0 Å². The van der Waals surface area contributed by atoms with Crippen LogP contribution in [0.1, 0.15) is 24.0 Å². The summed E-state index contributed by atoms with van der Waals surface area (Å²) in [5.74, 6) is 0.00849. The Balaban J connectivity index is 1.29. The van der Waals surface area contributed by atoms with Crippen LogP contribution in [0.15, 0.2) is 47.0 Å². The van der Waals surface area contributed by atoms with Crippen molar-refractivity contribution in [1.82, 2.24) is 19.2 Å². The van der Waals surface area contributed by atoms with E-state index in [2.05, 4.69) is 14.9 Å². The van der Waals surface area contributed by atoms with E-state index in [1.165, 1.54) is 12.1 Å². The fourth-order valence-corrected chi connectivity index (χ4v) is 7.74. The number of aromatic nitrogens is 2. The zero-order chi connectivity index (χ0) is 25.3. The molecule has 1 N–H and O–H groups in total. The van der Waals surface area contributed by atoms with Crippen LogP contribution in [0.25, 0.3) is 22.8 Å². The summed E-state index contributed by atoms with van der Waals surface area (Å²) < 4.78 is 86.4. The summed E-state index contributed by atoms with van der Waals surface area (Å²) in [7, 11) is -4.23. The van der Waals surface area contributed by atoms with Crippen molar-refractivity contribution in [2.24, 2.45) is 11.8 Å². The number of rotatable bonds is 3. The van der Waals surface area contributed by atoms with Crippen molar-refractivity contribution >= 4 is 10.2 Å². The molecule has 3 aliphatic rings. The van der Waals surface area contributed by atoms with Crippen LogP contribution in [0.2, 0.25) is 0 Å². The molecule has 1 saturated heterocycles. The molecule has 1 spiro atoms. The molecule has 2 fully saturated rings. The van der Waals surface area contributed by atoms with Gasteiger partial charge in [-0.2, -0.15) is 35.6 Å². The van der Waals surface area contributed by atoms with Crippen molar-refractivity contribution in [3.05, 3.63) is 59.4 Å². The van der Waals surface area contributed by atoms with Gasteiger partial charge in [-0.3, -0.25) is 0 Å². The lowest BCUT2D eigenvalue weighted by Crippen LogP contribution is -2.52. The largest absolute Gasteiger partial charge is 0.402 e. The molecule has 1 aromatic heterocycles. The van der Waals surface area contributed by atoms with Crippen LogP contribution >= 0.6 is 0 Å². The van der Waals surface area contributed by atoms with Gasteiger partial charge in [0.25, 0.3) is 16.1 Å². The zero-order valence-corrected chi connectivity index (χ0v) is 19.7. The number of hydrogen-bond acceptors (Lipinski definition) is 5. The van der Waals surface area contributed by atoms with Gasteiger partial charge in [-0.25, -0.2) is 4.39 Å². The smallest absolute Gasteiger partial charge is 0.334 e. The van der Waals surface area contributed by atoms with E-state index < -0.39 is 28.5 Å². The van der Waals surface area contributed by atoms with E-state index in [0.717, 1.165) is 24.0 Å². The molecule has 12 heteroatoms. The van der Waals surface area contributed by atoms with Crippen LogP contribution in [-0.2, 0) is 23.1 Å². The average molecular weight is 523 g/mol. The maximum absolute atomic E-state index is 13.2.